The summed E-state index contributed by atoms with van der Waals surface area (Å²) in [5.74, 6) is 0.471. The van der Waals surface area contributed by atoms with Gasteiger partial charge in [-0.1, -0.05) is 269 Å². The number of benzene rings is 6. The molecule has 0 saturated heterocycles. The summed E-state index contributed by atoms with van der Waals surface area (Å²) in [4.78, 5) is 23.5. The largest absolute Gasteiger partial charge is 0.426 e. The second-order valence-corrected chi connectivity index (χ2v) is 29.6. The molecular weight excluding hydrogens is 896 g/mol. The highest BCUT2D eigenvalue weighted by Crippen LogP contribution is 2.62. The Morgan fingerprint density at radius 3 is 0.764 bits per heavy atom. The smallest absolute Gasteiger partial charge is 0.391 e. The van der Waals surface area contributed by atoms with E-state index >= 15 is 0 Å². The van der Waals surface area contributed by atoms with Crippen molar-refractivity contribution in [2.45, 2.75) is 209 Å². The molecule has 0 saturated carbocycles. The molecule has 0 spiro atoms. The first kappa shape index (κ1) is 56.8. The Morgan fingerprint density at radius 2 is 0.542 bits per heavy atom. The maximum atomic E-state index is 11.7. The van der Waals surface area contributed by atoms with Gasteiger partial charge < -0.3 is 14.3 Å². The van der Waals surface area contributed by atoms with E-state index in [1.54, 1.807) is 0 Å². The summed E-state index contributed by atoms with van der Waals surface area (Å²) in [7, 11) is -2.94. The molecule has 0 bridgehead atoms. The predicted octanol–water partition coefficient (Wildman–Crippen LogP) is 20.0. The van der Waals surface area contributed by atoms with Crippen LogP contribution in [0, 0.1) is 0 Å². The van der Waals surface area contributed by atoms with Crippen molar-refractivity contribution in [2.75, 3.05) is 0 Å². The highest BCUT2D eigenvalue weighted by Gasteiger charge is 2.39. The van der Waals surface area contributed by atoms with Crippen LogP contribution in [0.4, 0.5) is 0 Å². The van der Waals surface area contributed by atoms with Gasteiger partial charge in [-0.25, -0.2) is 0 Å². The minimum absolute atomic E-state index is 0.113. The van der Waals surface area contributed by atoms with Crippen LogP contribution in [0.2, 0.25) is 0 Å². The number of hydrogen-bond donors (Lipinski definition) is 2. The summed E-state index contributed by atoms with van der Waals surface area (Å²) in [5.41, 5.74) is 18.0. The Bertz CT molecular complexity index is 2770. The molecule has 0 radical (unpaired) electrons. The molecule has 386 valence electrons. The zero-order valence-corrected chi connectivity index (χ0v) is 50.0. The van der Waals surface area contributed by atoms with Gasteiger partial charge in [0.05, 0.1) is 0 Å². The lowest BCUT2D eigenvalue weighted by atomic mass is 9.68. The van der Waals surface area contributed by atoms with Crippen LogP contribution < -0.4 is 4.52 Å². The number of rotatable bonds is 7. The third-order valence-corrected chi connectivity index (χ3v) is 14.9. The average molecular weight is 987 g/mol. The van der Waals surface area contributed by atoms with Crippen LogP contribution in [-0.4, -0.2) is 9.79 Å². The van der Waals surface area contributed by atoms with Gasteiger partial charge in [-0.05, 0) is 121 Å². The van der Waals surface area contributed by atoms with Crippen LogP contribution in [-0.2, 0) is 43.3 Å². The van der Waals surface area contributed by atoms with Crippen LogP contribution in [0.15, 0.2) is 103 Å². The molecule has 6 rings (SSSR count). The Balaban J connectivity index is 2.19. The van der Waals surface area contributed by atoms with Crippen molar-refractivity contribution in [1.29, 1.82) is 0 Å². The summed E-state index contributed by atoms with van der Waals surface area (Å²) >= 11 is 0. The Kier molecular flexibility index (Phi) is 15.2. The van der Waals surface area contributed by atoms with Crippen LogP contribution in [0.5, 0.6) is 5.75 Å². The lowest BCUT2D eigenvalue weighted by Gasteiger charge is -2.36. The van der Waals surface area contributed by atoms with Crippen molar-refractivity contribution in [2.24, 2.45) is 0 Å². The van der Waals surface area contributed by atoms with Gasteiger partial charge in [0.15, 0.2) is 0 Å². The average Bonchev–Trinajstić information content (AvgIpc) is 3.22. The molecule has 0 aliphatic carbocycles. The van der Waals surface area contributed by atoms with E-state index in [-0.39, 0.29) is 43.3 Å². The Morgan fingerprint density at radius 1 is 0.292 bits per heavy atom. The highest BCUT2D eigenvalue weighted by molar-refractivity contribution is 7.39. The SMILES string of the molecule is CC(C)(C)c1ccc(-c2c(OP(O)O)c(-c3ccc(C(C)(C)C)cc3C(C)(C)C)c(-c3ccc(C(C)(C)C)cc3C(C)(C)C)c(-c3ccccc3)c2-c2ccc(C(C)(C)C)cc2C(C)(C)C)c(C(C)(C)C)c1. The zero-order chi connectivity index (χ0) is 54.3. The zero-order valence-electron chi connectivity index (χ0n) is 49.1. The first-order valence-electron chi connectivity index (χ1n) is 26.4. The summed E-state index contributed by atoms with van der Waals surface area (Å²) in [6.07, 6.45) is 0. The standard InChI is InChI=1S/C68H91O3P/c1-61(2,3)43-30-34-47(51(38-43)65(13,14)15)56-55(42-28-26-25-27-29-42)57(48-35-31-44(62(4,5)6)39-52(48)66(16,17)18)59(50-37-33-46(64(10,11)12)41-54(50)68(22,23)24)60(71-72(69)70)58(56)49-36-32-45(63(7,8)9)40-53(49)67(19,20)21/h25-41,69-70H,1-24H3. The normalized spacial score (nSPS) is 13.5. The van der Waals surface area contributed by atoms with Crippen LogP contribution in [0.1, 0.15) is 211 Å². The monoisotopic (exact) mass is 987 g/mol. The molecule has 0 aliphatic heterocycles. The maximum absolute atomic E-state index is 11.7. The molecule has 72 heavy (non-hydrogen) atoms. The summed E-state index contributed by atoms with van der Waals surface area (Å²) in [5, 5.41) is 0. The van der Waals surface area contributed by atoms with Gasteiger partial charge in [-0.2, -0.15) is 0 Å². The van der Waals surface area contributed by atoms with Crippen LogP contribution >= 0.6 is 8.60 Å². The van der Waals surface area contributed by atoms with E-state index in [1.165, 1.54) is 33.4 Å². The topological polar surface area (TPSA) is 49.7 Å². The van der Waals surface area contributed by atoms with Gasteiger partial charge in [0.25, 0.3) is 0 Å². The molecule has 0 atom stereocenters. The second kappa shape index (κ2) is 19.3. The lowest BCUT2D eigenvalue weighted by Crippen LogP contribution is -2.20. The van der Waals surface area contributed by atoms with Crippen molar-refractivity contribution in [3.63, 3.8) is 0 Å². The first-order valence-corrected chi connectivity index (χ1v) is 27.6. The van der Waals surface area contributed by atoms with Gasteiger partial charge >= 0.3 is 8.60 Å². The van der Waals surface area contributed by atoms with Gasteiger partial charge in [0, 0.05) is 22.3 Å². The minimum Gasteiger partial charge on any atom is -0.426 e. The summed E-state index contributed by atoms with van der Waals surface area (Å²) < 4.78 is 7.01. The van der Waals surface area contributed by atoms with Crippen LogP contribution in [0.25, 0.3) is 55.6 Å². The van der Waals surface area contributed by atoms with E-state index in [0.29, 0.717) is 5.75 Å². The van der Waals surface area contributed by atoms with Crippen molar-refractivity contribution >= 4 is 8.60 Å². The molecule has 0 aromatic heterocycles. The van der Waals surface area contributed by atoms with Crippen molar-refractivity contribution in [1.82, 2.24) is 0 Å². The highest BCUT2D eigenvalue weighted by atomic mass is 31.2. The lowest BCUT2D eigenvalue weighted by molar-refractivity contribution is 0.376. The molecule has 6 aromatic rings. The van der Waals surface area contributed by atoms with Crippen LogP contribution in [0.3, 0.4) is 0 Å². The van der Waals surface area contributed by atoms with Gasteiger partial charge in [0.1, 0.15) is 5.75 Å². The Labute approximate surface area is 439 Å². The molecule has 2 N–H and O–H groups in total. The molecule has 3 nitrogen and oxygen atoms in total. The van der Waals surface area contributed by atoms with Crippen molar-refractivity contribution in [3.05, 3.63) is 148 Å². The van der Waals surface area contributed by atoms with Gasteiger partial charge in [0.2, 0.25) is 0 Å². The molecule has 0 amide bonds. The fourth-order valence-corrected chi connectivity index (χ4v) is 10.6. The van der Waals surface area contributed by atoms with Gasteiger partial charge in [-0.3, -0.25) is 0 Å². The minimum atomic E-state index is -2.94. The van der Waals surface area contributed by atoms with Crippen molar-refractivity contribution < 1.29 is 14.3 Å². The molecule has 0 aliphatic rings. The van der Waals surface area contributed by atoms with E-state index in [9.17, 15) is 9.79 Å². The third kappa shape index (κ3) is 11.9. The molecule has 6 aromatic carbocycles. The quantitative estimate of drug-likeness (QED) is 0.157. The fraction of sp³-hybridized carbons (Fsp3) is 0.471. The molecule has 4 heteroatoms. The van der Waals surface area contributed by atoms with E-state index in [4.69, 9.17) is 4.52 Å². The van der Waals surface area contributed by atoms with Crippen molar-refractivity contribution in [3.8, 4) is 61.4 Å². The molecule has 0 unspecified atom stereocenters. The first-order chi connectivity index (χ1) is 32.6. The fourth-order valence-electron chi connectivity index (χ4n) is 10.2. The Hall–Kier alpha value is -4.53. The molecule has 0 heterocycles. The van der Waals surface area contributed by atoms with Gasteiger partial charge in [-0.15, -0.1) is 0 Å². The predicted molar refractivity (Wildman–Crippen MR) is 315 cm³/mol. The third-order valence-electron chi connectivity index (χ3n) is 14.5. The maximum Gasteiger partial charge on any atom is 0.391 e. The second-order valence-electron chi connectivity index (χ2n) is 29.0. The summed E-state index contributed by atoms with van der Waals surface area (Å²) in [6.45, 7) is 55.1. The molecule has 0 fully saturated rings. The summed E-state index contributed by atoms with van der Waals surface area (Å²) in [6, 6.07) is 39.1. The van der Waals surface area contributed by atoms with E-state index in [2.05, 4.69) is 269 Å². The van der Waals surface area contributed by atoms with E-state index in [0.717, 1.165) is 66.8 Å². The van der Waals surface area contributed by atoms with E-state index in [1.807, 2.05) is 0 Å². The molecular formula is C68H91O3P. The number of hydrogen-bond acceptors (Lipinski definition) is 3. The van der Waals surface area contributed by atoms with E-state index < -0.39 is 8.60 Å².